The number of aliphatic hydroxyl groups excluding tert-OH is 1. The second-order valence-corrected chi connectivity index (χ2v) is 14.4. The molecule has 3 aromatic carbocycles. The predicted molar refractivity (Wildman–Crippen MR) is 195 cm³/mol. The lowest BCUT2D eigenvalue weighted by Gasteiger charge is -2.32. The molecule has 0 spiro atoms. The fourth-order valence-corrected chi connectivity index (χ4v) is 6.59. The van der Waals surface area contributed by atoms with Crippen molar-refractivity contribution < 1.29 is 33.8 Å². The summed E-state index contributed by atoms with van der Waals surface area (Å²) < 4.78 is 11.4. The molecule has 10 nitrogen and oxygen atoms in total. The molecule has 0 unspecified atom stereocenters. The van der Waals surface area contributed by atoms with Crippen LogP contribution >= 0.6 is 0 Å². The van der Waals surface area contributed by atoms with Crippen LogP contribution in [0.4, 0.5) is 4.79 Å². The number of rotatable bonds is 9. The van der Waals surface area contributed by atoms with Gasteiger partial charge in [0, 0.05) is 12.3 Å². The van der Waals surface area contributed by atoms with Gasteiger partial charge in [-0.2, -0.15) is 0 Å². The van der Waals surface area contributed by atoms with Crippen molar-refractivity contribution >= 4 is 23.9 Å². The molecule has 4 atom stereocenters. The second-order valence-electron chi connectivity index (χ2n) is 14.4. The Morgan fingerprint density at radius 1 is 0.941 bits per heavy atom. The smallest absolute Gasteiger partial charge is 0.407 e. The van der Waals surface area contributed by atoms with E-state index in [1.807, 2.05) is 99.7 Å². The topological polar surface area (TPSA) is 143 Å². The molecule has 1 aliphatic carbocycles. The van der Waals surface area contributed by atoms with Crippen LogP contribution in [0, 0.1) is 11.3 Å². The number of allylic oxidation sites excluding steroid dienone is 2. The number of benzene rings is 3. The summed E-state index contributed by atoms with van der Waals surface area (Å²) in [6.45, 7) is 5.53. The van der Waals surface area contributed by atoms with Crippen molar-refractivity contribution in [1.82, 2.24) is 16.0 Å². The van der Waals surface area contributed by atoms with Gasteiger partial charge < -0.3 is 30.5 Å². The number of hydrogen-bond acceptors (Lipinski definition) is 7. The molecule has 0 fully saturated rings. The first-order valence-electron chi connectivity index (χ1n) is 17.7. The molecule has 3 aromatic rings. The van der Waals surface area contributed by atoms with Crippen molar-refractivity contribution in [2.75, 3.05) is 19.8 Å². The highest BCUT2D eigenvalue weighted by molar-refractivity contribution is 5.86. The summed E-state index contributed by atoms with van der Waals surface area (Å²) >= 11 is 0. The van der Waals surface area contributed by atoms with Crippen molar-refractivity contribution in [2.45, 2.75) is 76.9 Å². The maximum atomic E-state index is 13.6. The van der Waals surface area contributed by atoms with Gasteiger partial charge in [0.1, 0.15) is 19.3 Å². The predicted octanol–water partition coefficient (Wildman–Crippen LogP) is 5.43. The van der Waals surface area contributed by atoms with Crippen molar-refractivity contribution in [1.29, 1.82) is 0 Å². The Labute approximate surface area is 300 Å². The first kappa shape index (κ1) is 37.3. The molecule has 0 saturated carbocycles. The lowest BCUT2D eigenvalue weighted by Crippen LogP contribution is -2.51. The molecule has 1 aliphatic heterocycles. The first-order valence-corrected chi connectivity index (χ1v) is 17.7. The normalized spacial score (nSPS) is 20.3. The van der Waals surface area contributed by atoms with E-state index in [0.717, 1.165) is 27.8 Å². The third kappa shape index (κ3) is 10.1. The lowest BCUT2D eigenvalue weighted by molar-refractivity contribution is -0.148. The number of ether oxygens (including phenoxy) is 2. The van der Waals surface area contributed by atoms with Crippen molar-refractivity contribution in [2.24, 2.45) is 11.3 Å². The fraction of sp³-hybridized carbons (Fsp3) is 0.415. The van der Waals surface area contributed by atoms with E-state index in [1.54, 1.807) is 0 Å². The van der Waals surface area contributed by atoms with E-state index in [1.165, 1.54) is 0 Å². The highest BCUT2D eigenvalue weighted by Crippen LogP contribution is 2.44. The van der Waals surface area contributed by atoms with E-state index in [4.69, 9.17) is 9.47 Å². The summed E-state index contributed by atoms with van der Waals surface area (Å²) in [6, 6.07) is 23.7. The number of aliphatic hydroxyl groups is 1. The van der Waals surface area contributed by atoms with E-state index in [0.29, 0.717) is 12.8 Å². The summed E-state index contributed by atoms with van der Waals surface area (Å²) in [5, 5.41) is 18.5. The van der Waals surface area contributed by atoms with Gasteiger partial charge in [0.25, 0.3) is 0 Å². The summed E-state index contributed by atoms with van der Waals surface area (Å²) in [5.74, 6) is -2.10. The zero-order valence-corrected chi connectivity index (χ0v) is 29.6. The molecule has 0 bridgehead atoms. The Hall–Kier alpha value is -4.96. The van der Waals surface area contributed by atoms with Crippen LogP contribution in [0.2, 0.25) is 0 Å². The molecule has 2 aliphatic rings. The minimum absolute atomic E-state index is 0.0793. The van der Waals surface area contributed by atoms with E-state index in [-0.39, 0.29) is 56.8 Å². The fourth-order valence-electron chi connectivity index (χ4n) is 6.59. The number of esters is 1. The number of carbonyl (C=O) groups excluding carboxylic acids is 4. The molecule has 3 amide bonds. The number of nitrogens with one attached hydrogen (secondary N) is 3. The van der Waals surface area contributed by atoms with Gasteiger partial charge in [-0.05, 0) is 58.9 Å². The van der Waals surface area contributed by atoms with Gasteiger partial charge >= 0.3 is 12.1 Å². The number of fused-ring (bicyclic) bond motifs is 3. The maximum absolute atomic E-state index is 13.6. The minimum atomic E-state index is -0.969. The molecule has 10 heteroatoms. The minimum Gasteiger partial charge on any atom is -0.462 e. The Bertz CT molecular complexity index is 1660. The van der Waals surface area contributed by atoms with Gasteiger partial charge in [-0.1, -0.05) is 112 Å². The van der Waals surface area contributed by atoms with E-state index in [9.17, 15) is 24.3 Å². The van der Waals surface area contributed by atoms with Crippen LogP contribution in [0.5, 0.6) is 0 Å². The largest absolute Gasteiger partial charge is 0.462 e. The third-order valence-electron chi connectivity index (χ3n) is 9.60. The summed E-state index contributed by atoms with van der Waals surface area (Å²) in [4.78, 5) is 53.2. The molecular formula is C41H49N3O7. The second kappa shape index (κ2) is 17.3. The Morgan fingerprint density at radius 2 is 1.59 bits per heavy atom. The van der Waals surface area contributed by atoms with Crippen molar-refractivity contribution in [3.05, 3.63) is 108 Å². The Morgan fingerprint density at radius 3 is 2.24 bits per heavy atom. The zero-order chi connectivity index (χ0) is 36.4. The van der Waals surface area contributed by atoms with Gasteiger partial charge in [0.2, 0.25) is 11.8 Å². The first-order chi connectivity index (χ1) is 24.5. The standard InChI is InChI=1S/C41H49N3O7/c1-41(2,3)36-26-50-39(48)35(43-40(49)51-25-34-32-19-12-10-17-30(32)31-18-11-13-20-33(31)34)21-9-5-8-16-28(38(47)44-36)23-37(46)42-29(24-45)22-27-14-6-4-7-15-27/h4-8,10-15,17-20,28-29,34-36,45H,9,16,21-26H2,1-3H3,(H,42,46)(H,43,49)(H,44,47)/t28-,29+,35+,36-/m1/s1. The van der Waals surface area contributed by atoms with Gasteiger partial charge in [0.05, 0.1) is 24.6 Å². The van der Waals surface area contributed by atoms with Crippen molar-refractivity contribution in [3.8, 4) is 11.1 Å². The number of amides is 3. The quantitative estimate of drug-likeness (QED) is 0.173. The third-order valence-corrected chi connectivity index (χ3v) is 9.60. The molecule has 0 aromatic heterocycles. The molecule has 4 N–H and O–H groups in total. The van der Waals surface area contributed by atoms with Crippen LogP contribution in [0.15, 0.2) is 91.0 Å². The lowest BCUT2D eigenvalue weighted by atomic mass is 9.86. The molecule has 51 heavy (non-hydrogen) atoms. The Kier molecular flexibility index (Phi) is 12.7. The molecule has 0 saturated heterocycles. The summed E-state index contributed by atoms with van der Waals surface area (Å²) in [6.07, 6.45) is 4.28. The van der Waals surface area contributed by atoms with Crippen LogP contribution in [0.1, 0.15) is 69.1 Å². The van der Waals surface area contributed by atoms with Gasteiger partial charge in [-0.15, -0.1) is 0 Å². The molecule has 0 radical (unpaired) electrons. The van der Waals surface area contributed by atoms with Crippen LogP contribution in [0.3, 0.4) is 0 Å². The molecule has 270 valence electrons. The van der Waals surface area contributed by atoms with Crippen LogP contribution in [-0.2, 0) is 30.3 Å². The van der Waals surface area contributed by atoms with E-state index in [2.05, 4.69) is 28.1 Å². The van der Waals surface area contributed by atoms with Gasteiger partial charge in [0.15, 0.2) is 0 Å². The Balaban J connectivity index is 1.22. The highest BCUT2D eigenvalue weighted by atomic mass is 16.6. The molecule has 5 rings (SSSR count). The van der Waals surface area contributed by atoms with Crippen LogP contribution in [0.25, 0.3) is 11.1 Å². The SMILES string of the molecule is CC(C)(C)[C@H]1COC(=O)[C@@H](NC(=O)OCC2c3ccccc3-c3ccccc32)CCC=CC[C@H](CC(=O)N[C@H](CO)Cc2ccccc2)C(=O)N1. The van der Waals surface area contributed by atoms with E-state index >= 15 is 0 Å². The zero-order valence-electron chi connectivity index (χ0n) is 29.6. The monoisotopic (exact) mass is 695 g/mol. The molecule has 1 heterocycles. The maximum Gasteiger partial charge on any atom is 0.407 e. The highest BCUT2D eigenvalue weighted by Gasteiger charge is 2.34. The van der Waals surface area contributed by atoms with Crippen LogP contribution in [-0.4, -0.2) is 66.9 Å². The summed E-state index contributed by atoms with van der Waals surface area (Å²) in [5.41, 5.74) is 4.90. The number of cyclic esters (lactones) is 1. The van der Waals surface area contributed by atoms with Gasteiger partial charge in [-0.25, -0.2) is 9.59 Å². The average molecular weight is 696 g/mol. The van der Waals surface area contributed by atoms with Crippen molar-refractivity contribution in [3.63, 3.8) is 0 Å². The van der Waals surface area contributed by atoms with Gasteiger partial charge in [-0.3, -0.25) is 9.59 Å². The molecular weight excluding hydrogens is 646 g/mol. The number of hydrogen-bond donors (Lipinski definition) is 4. The average Bonchev–Trinajstić information content (AvgIpc) is 3.44. The van der Waals surface area contributed by atoms with E-state index < -0.39 is 41.5 Å². The van der Waals surface area contributed by atoms with Crippen LogP contribution < -0.4 is 16.0 Å². The number of alkyl carbamates (subject to hydrolysis) is 1. The summed E-state index contributed by atoms with van der Waals surface area (Å²) in [7, 11) is 0. The number of carbonyl (C=O) groups is 4.